The first-order chi connectivity index (χ1) is 17.7. The fraction of sp³-hybridized carbons (Fsp3) is 0.143. The van der Waals surface area contributed by atoms with Crippen LogP contribution >= 0.6 is 11.6 Å². The second-order valence-electron chi connectivity index (χ2n) is 8.35. The summed E-state index contributed by atoms with van der Waals surface area (Å²) in [6.45, 7) is 2.19. The SMILES string of the molecule is Fc1ccc(-n2nc(-c3cc[n+](CCOc4cccc5c4OCCO5)cc3)c3ccc(Cl)cc32)cc1. The van der Waals surface area contributed by atoms with E-state index in [-0.39, 0.29) is 5.82 Å². The van der Waals surface area contributed by atoms with Crippen LogP contribution < -0.4 is 18.8 Å². The molecule has 2 aromatic heterocycles. The van der Waals surface area contributed by atoms with Gasteiger partial charge in [-0.2, -0.15) is 5.10 Å². The predicted octanol–water partition coefficient (Wildman–Crippen LogP) is 5.62. The van der Waals surface area contributed by atoms with Crippen LogP contribution in [0.3, 0.4) is 0 Å². The summed E-state index contributed by atoms with van der Waals surface area (Å²) in [5.74, 6) is 1.76. The largest absolute Gasteiger partial charge is 0.486 e. The van der Waals surface area contributed by atoms with Gasteiger partial charge in [0.05, 0.1) is 11.2 Å². The Kier molecular flexibility index (Phi) is 5.91. The lowest BCUT2D eigenvalue weighted by Gasteiger charge is -2.20. The lowest BCUT2D eigenvalue weighted by molar-refractivity contribution is -0.697. The Morgan fingerprint density at radius 1 is 0.972 bits per heavy atom. The summed E-state index contributed by atoms with van der Waals surface area (Å²) in [5, 5.41) is 6.42. The zero-order valence-electron chi connectivity index (χ0n) is 19.2. The molecule has 3 heterocycles. The van der Waals surface area contributed by atoms with Crippen molar-refractivity contribution in [3.05, 3.63) is 96.0 Å². The number of rotatable bonds is 6. The van der Waals surface area contributed by atoms with Gasteiger partial charge in [0.2, 0.25) is 5.75 Å². The minimum absolute atomic E-state index is 0.293. The Morgan fingerprint density at radius 3 is 2.61 bits per heavy atom. The number of aromatic nitrogens is 3. The molecule has 1 aliphatic heterocycles. The molecule has 0 radical (unpaired) electrons. The maximum atomic E-state index is 13.5. The maximum Gasteiger partial charge on any atom is 0.203 e. The second kappa shape index (κ2) is 9.51. The van der Waals surface area contributed by atoms with Crippen LogP contribution in [0.1, 0.15) is 0 Å². The van der Waals surface area contributed by atoms with Gasteiger partial charge in [-0.15, -0.1) is 0 Å². The lowest BCUT2D eigenvalue weighted by Crippen LogP contribution is -2.35. The molecule has 36 heavy (non-hydrogen) atoms. The molecule has 0 amide bonds. The van der Waals surface area contributed by atoms with Crippen molar-refractivity contribution in [2.24, 2.45) is 0 Å². The van der Waals surface area contributed by atoms with Crippen molar-refractivity contribution in [1.29, 1.82) is 0 Å². The van der Waals surface area contributed by atoms with E-state index in [9.17, 15) is 4.39 Å². The summed E-state index contributed by atoms with van der Waals surface area (Å²) < 4.78 is 34.6. The highest BCUT2D eigenvalue weighted by atomic mass is 35.5. The highest BCUT2D eigenvalue weighted by molar-refractivity contribution is 6.31. The second-order valence-corrected chi connectivity index (χ2v) is 8.79. The van der Waals surface area contributed by atoms with Crippen LogP contribution in [0, 0.1) is 5.82 Å². The molecule has 0 spiro atoms. The number of hydrogen-bond acceptors (Lipinski definition) is 4. The highest BCUT2D eigenvalue weighted by Gasteiger charge is 2.18. The molecule has 180 valence electrons. The van der Waals surface area contributed by atoms with Crippen molar-refractivity contribution in [2.45, 2.75) is 6.54 Å². The normalized spacial score (nSPS) is 12.6. The third-order valence-electron chi connectivity index (χ3n) is 6.02. The van der Waals surface area contributed by atoms with Gasteiger partial charge in [-0.3, -0.25) is 0 Å². The van der Waals surface area contributed by atoms with Gasteiger partial charge < -0.3 is 14.2 Å². The van der Waals surface area contributed by atoms with Gasteiger partial charge in [0.15, 0.2) is 30.4 Å². The lowest BCUT2D eigenvalue weighted by atomic mass is 10.1. The van der Waals surface area contributed by atoms with Crippen LogP contribution in [-0.4, -0.2) is 29.6 Å². The summed E-state index contributed by atoms with van der Waals surface area (Å²) in [4.78, 5) is 0. The van der Waals surface area contributed by atoms with Crippen LogP contribution in [0.15, 0.2) is 85.2 Å². The molecule has 0 aliphatic carbocycles. The van der Waals surface area contributed by atoms with Crippen LogP contribution in [-0.2, 0) is 6.54 Å². The van der Waals surface area contributed by atoms with Crippen LogP contribution in [0.25, 0.3) is 27.8 Å². The predicted molar refractivity (Wildman–Crippen MR) is 135 cm³/mol. The van der Waals surface area contributed by atoms with E-state index in [1.807, 2.05) is 65.5 Å². The summed E-state index contributed by atoms with van der Waals surface area (Å²) in [6, 6.07) is 21.6. The van der Waals surface area contributed by atoms with E-state index in [4.69, 9.17) is 30.9 Å². The van der Waals surface area contributed by atoms with Crippen molar-refractivity contribution in [3.8, 4) is 34.2 Å². The van der Waals surface area contributed by atoms with Crippen LogP contribution in [0.4, 0.5) is 4.39 Å². The smallest absolute Gasteiger partial charge is 0.203 e. The Hall–Kier alpha value is -4.10. The summed E-state index contributed by atoms with van der Waals surface area (Å²) in [7, 11) is 0. The third kappa shape index (κ3) is 4.33. The molecule has 0 atom stereocenters. The van der Waals surface area contributed by atoms with E-state index in [0.717, 1.165) is 27.8 Å². The number of halogens is 2. The van der Waals surface area contributed by atoms with Crippen LogP contribution in [0.5, 0.6) is 17.2 Å². The minimum atomic E-state index is -0.293. The van der Waals surface area contributed by atoms with Crippen molar-refractivity contribution in [1.82, 2.24) is 9.78 Å². The standard InChI is InChI=1S/C28H22ClFN3O3/c29-20-4-9-23-24(18-20)33(22-7-5-21(30)6-8-22)31-27(23)19-10-12-32(13-11-19)14-15-34-25-2-1-3-26-28(25)36-17-16-35-26/h1-13,18H,14-17H2/q+1. The van der Waals surface area contributed by atoms with Crippen molar-refractivity contribution in [3.63, 3.8) is 0 Å². The Balaban J connectivity index is 1.22. The van der Waals surface area contributed by atoms with Crippen LogP contribution in [0.2, 0.25) is 5.02 Å². The number of fused-ring (bicyclic) bond motifs is 2. The minimum Gasteiger partial charge on any atom is -0.486 e. The number of pyridine rings is 1. The van der Waals surface area contributed by atoms with Gasteiger partial charge >= 0.3 is 0 Å². The summed E-state index contributed by atoms with van der Waals surface area (Å²) in [5.41, 5.74) is 3.40. The number of para-hydroxylation sites is 1. The number of hydrogen-bond donors (Lipinski definition) is 0. The Bertz CT molecular complexity index is 1540. The molecule has 6 rings (SSSR count). The molecule has 8 heteroatoms. The van der Waals surface area contributed by atoms with E-state index < -0.39 is 0 Å². The average molecular weight is 503 g/mol. The molecule has 0 saturated carbocycles. The average Bonchev–Trinajstić information content (AvgIpc) is 3.28. The molecule has 3 aromatic carbocycles. The molecule has 0 N–H and O–H groups in total. The van der Waals surface area contributed by atoms with Crippen molar-refractivity contribution < 1.29 is 23.2 Å². The molecule has 0 saturated heterocycles. The molecule has 0 unspecified atom stereocenters. The summed E-state index contributed by atoms with van der Waals surface area (Å²) in [6.07, 6.45) is 3.99. The van der Waals surface area contributed by atoms with Crippen molar-refractivity contribution >= 4 is 22.5 Å². The number of ether oxygens (including phenoxy) is 3. The van der Waals surface area contributed by atoms with E-state index in [2.05, 4.69) is 0 Å². The molecular weight excluding hydrogens is 481 g/mol. The van der Waals surface area contributed by atoms with Gasteiger partial charge in [0, 0.05) is 28.1 Å². The summed E-state index contributed by atoms with van der Waals surface area (Å²) >= 11 is 6.28. The molecule has 6 nitrogen and oxygen atoms in total. The zero-order valence-corrected chi connectivity index (χ0v) is 20.0. The Labute approximate surface area is 212 Å². The quantitative estimate of drug-likeness (QED) is 0.283. The van der Waals surface area contributed by atoms with E-state index in [1.165, 1.54) is 12.1 Å². The van der Waals surface area contributed by atoms with E-state index in [1.54, 1.807) is 16.8 Å². The Morgan fingerprint density at radius 2 is 1.78 bits per heavy atom. The monoisotopic (exact) mass is 502 g/mol. The molecular formula is C28H22ClFN3O3+. The zero-order chi connectivity index (χ0) is 24.5. The molecule has 0 fully saturated rings. The molecule has 5 aromatic rings. The topological polar surface area (TPSA) is 49.4 Å². The third-order valence-corrected chi connectivity index (χ3v) is 6.25. The van der Waals surface area contributed by atoms with Gasteiger partial charge in [-0.05, 0) is 54.6 Å². The maximum absolute atomic E-state index is 13.5. The molecule has 1 aliphatic rings. The first-order valence-electron chi connectivity index (χ1n) is 11.6. The van der Waals surface area contributed by atoms with Gasteiger partial charge in [0.1, 0.15) is 31.3 Å². The number of nitrogens with zero attached hydrogens (tertiary/aromatic N) is 3. The highest BCUT2D eigenvalue weighted by Crippen LogP contribution is 2.39. The number of benzene rings is 3. The van der Waals surface area contributed by atoms with Gasteiger partial charge in [-0.1, -0.05) is 17.7 Å². The fourth-order valence-corrected chi connectivity index (χ4v) is 4.43. The van der Waals surface area contributed by atoms with Gasteiger partial charge in [0.25, 0.3) is 0 Å². The van der Waals surface area contributed by atoms with E-state index >= 15 is 0 Å². The van der Waals surface area contributed by atoms with Crippen molar-refractivity contribution in [2.75, 3.05) is 19.8 Å². The van der Waals surface area contributed by atoms with E-state index in [0.29, 0.717) is 48.6 Å². The first-order valence-corrected chi connectivity index (χ1v) is 12.0. The van der Waals surface area contributed by atoms with Gasteiger partial charge in [-0.25, -0.2) is 13.6 Å². The first kappa shape index (κ1) is 22.4. The fourth-order valence-electron chi connectivity index (χ4n) is 4.27. The molecule has 0 bridgehead atoms.